The third-order valence-corrected chi connectivity index (χ3v) is 5.63. The second-order valence-electron chi connectivity index (χ2n) is 6.13. The molecule has 2 saturated heterocycles. The van der Waals surface area contributed by atoms with Gasteiger partial charge in [-0.25, -0.2) is 4.79 Å². The second kappa shape index (κ2) is 4.60. The molecule has 1 aliphatic carbocycles. The van der Waals surface area contributed by atoms with Gasteiger partial charge in [-0.3, -0.25) is 0 Å². The van der Waals surface area contributed by atoms with Gasteiger partial charge in [0.1, 0.15) is 0 Å². The van der Waals surface area contributed by atoms with Crippen molar-refractivity contribution in [2.24, 2.45) is 5.92 Å². The SMILES string of the molecule is CN(C)C(=O)N1CC2(C[C@H](OCC3CC3)CS2)C1. The molecule has 0 unspecified atom stereocenters. The van der Waals surface area contributed by atoms with Crippen molar-refractivity contribution in [1.29, 1.82) is 0 Å². The molecule has 3 rings (SSSR count). The first-order chi connectivity index (χ1) is 8.58. The van der Waals surface area contributed by atoms with Crippen LogP contribution in [-0.4, -0.2) is 66.2 Å². The molecule has 102 valence electrons. The summed E-state index contributed by atoms with van der Waals surface area (Å²) >= 11 is 2.01. The van der Waals surface area contributed by atoms with Crippen molar-refractivity contribution < 1.29 is 9.53 Å². The Morgan fingerprint density at radius 3 is 2.78 bits per heavy atom. The molecule has 0 radical (unpaired) electrons. The van der Waals surface area contributed by atoms with E-state index in [9.17, 15) is 4.79 Å². The summed E-state index contributed by atoms with van der Waals surface area (Å²) < 4.78 is 6.27. The van der Waals surface area contributed by atoms with Crippen molar-refractivity contribution in [2.45, 2.75) is 30.1 Å². The highest BCUT2D eigenvalue weighted by Gasteiger charge is 2.51. The van der Waals surface area contributed by atoms with Crippen LogP contribution in [0.25, 0.3) is 0 Å². The average Bonchev–Trinajstić information content (AvgIpc) is 3.02. The maximum Gasteiger partial charge on any atom is 0.319 e. The third kappa shape index (κ3) is 2.48. The highest BCUT2D eigenvalue weighted by molar-refractivity contribution is 8.01. The number of hydrogen-bond donors (Lipinski definition) is 0. The molecule has 3 aliphatic rings. The van der Waals surface area contributed by atoms with Crippen LogP contribution in [0.15, 0.2) is 0 Å². The number of urea groups is 1. The number of carbonyl (C=O) groups is 1. The van der Waals surface area contributed by atoms with Gasteiger partial charge >= 0.3 is 6.03 Å². The maximum absolute atomic E-state index is 11.8. The van der Waals surface area contributed by atoms with Crippen LogP contribution < -0.4 is 0 Å². The van der Waals surface area contributed by atoms with Gasteiger partial charge in [-0.1, -0.05) is 0 Å². The Morgan fingerprint density at radius 2 is 2.17 bits per heavy atom. The summed E-state index contributed by atoms with van der Waals surface area (Å²) in [6.45, 7) is 2.76. The van der Waals surface area contributed by atoms with Gasteiger partial charge in [-0.2, -0.15) is 0 Å². The summed E-state index contributed by atoms with van der Waals surface area (Å²) in [5, 5.41) is 0. The van der Waals surface area contributed by atoms with Crippen LogP contribution >= 0.6 is 11.8 Å². The van der Waals surface area contributed by atoms with E-state index in [-0.39, 0.29) is 6.03 Å². The molecule has 2 heterocycles. The molecule has 1 saturated carbocycles. The van der Waals surface area contributed by atoms with E-state index >= 15 is 0 Å². The molecular weight excluding hydrogens is 248 g/mol. The molecule has 5 heteroatoms. The summed E-state index contributed by atoms with van der Waals surface area (Å²) in [7, 11) is 3.63. The predicted molar refractivity (Wildman–Crippen MR) is 72.9 cm³/mol. The number of amides is 2. The largest absolute Gasteiger partial charge is 0.377 e. The Kier molecular flexibility index (Phi) is 3.22. The zero-order valence-corrected chi connectivity index (χ0v) is 12.0. The molecular formula is C13H22N2O2S. The van der Waals surface area contributed by atoms with E-state index in [0.717, 1.165) is 37.8 Å². The van der Waals surface area contributed by atoms with Crippen LogP contribution in [0.2, 0.25) is 0 Å². The van der Waals surface area contributed by atoms with Crippen LogP contribution in [0.5, 0.6) is 0 Å². The van der Waals surface area contributed by atoms with Gasteiger partial charge in [-0.15, -0.1) is 11.8 Å². The lowest BCUT2D eigenvalue weighted by Crippen LogP contribution is -2.62. The van der Waals surface area contributed by atoms with Gasteiger partial charge in [0, 0.05) is 39.5 Å². The van der Waals surface area contributed by atoms with Crippen molar-refractivity contribution in [2.75, 3.05) is 39.5 Å². The zero-order chi connectivity index (χ0) is 12.8. The van der Waals surface area contributed by atoms with E-state index < -0.39 is 0 Å². The molecule has 2 amide bonds. The molecule has 0 aromatic rings. The first-order valence-corrected chi connectivity index (χ1v) is 7.78. The normalized spacial score (nSPS) is 29.4. The Hall–Kier alpha value is -0.420. The van der Waals surface area contributed by atoms with E-state index in [1.165, 1.54) is 12.8 Å². The summed E-state index contributed by atoms with van der Waals surface area (Å²) in [6, 6.07) is 0.142. The second-order valence-corrected chi connectivity index (χ2v) is 7.62. The molecule has 4 nitrogen and oxygen atoms in total. The monoisotopic (exact) mass is 270 g/mol. The van der Waals surface area contributed by atoms with Crippen LogP contribution in [0.4, 0.5) is 4.79 Å². The lowest BCUT2D eigenvalue weighted by Gasteiger charge is -2.48. The highest BCUT2D eigenvalue weighted by Crippen LogP contribution is 2.46. The number of carbonyl (C=O) groups excluding carboxylic acids is 1. The highest BCUT2D eigenvalue weighted by atomic mass is 32.2. The number of thioether (sulfide) groups is 1. The minimum atomic E-state index is 0.142. The topological polar surface area (TPSA) is 32.8 Å². The molecule has 3 fully saturated rings. The number of rotatable bonds is 3. The maximum atomic E-state index is 11.8. The van der Waals surface area contributed by atoms with Crippen molar-refractivity contribution in [3.63, 3.8) is 0 Å². The summed E-state index contributed by atoms with van der Waals surface area (Å²) in [5.74, 6) is 1.95. The average molecular weight is 270 g/mol. The molecule has 0 bridgehead atoms. The first kappa shape index (κ1) is 12.6. The fraction of sp³-hybridized carbons (Fsp3) is 0.923. The van der Waals surface area contributed by atoms with E-state index in [0.29, 0.717) is 10.9 Å². The molecule has 0 aromatic heterocycles. The van der Waals surface area contributed by atoms with Crippen LogP contribution in [0.3, 0.4) is 0 Å². The Labute approximate surface area is 113 Å². The molecule has 0 N–H and O–H groups in total. The van der Waals surface area contributed by atoms with Gasteiger partial charge in [-0.05, 0) is 25.2 Å². The van der Waals surface area contributed by atoms with Gasteiger partial charge in [0.2, 0.25) is 0 Å². The minimum Gasteiger partial charge on any atom is -0.377 e. The minimum absolute atomic E-state index is 0.142. The zero-order valence-electron chi connectivity index (χ0n) is 11.2. The van der Waals surface area contributed by atoms with E-state index in [2.05, 4.69) is 0 Å². The lowest BCUT2D eigenvalue weighted by molar-refractivity contribution is 0.0369. The van der Waals surface area contributed by atoms with Crippen LogP contribution in [0.1, 0.15) is 19.3 Å². The van der Waals surface area contributed by atoms with Gasteiger partial charge in [0.05, 0.1) is 10.9 Å². The van der Waals surface area contributed by atoms with Crippen molar-refractivity contribution in [3.8, 4) is 0 Å². The molecule has 1 spiro atoms. The van der Waals surface area contributed by atoms with Crippen molar-refractivity contribution in [3.05, 3.63) is 0 Å². The quantitative estimate of drug-likeness (QED) is 0.782. The lowest BCUT2D eigenvalue weighted by atomic mass is 9.93. The fourth-order valence-electron chi connectivity index (χ4n) is 2.75. The smallest absolute Gasteiger partial charge is 0.319 e. The van der Waals surface area contributed by atoms with Crippen molar-refractivity contribution in [1.82, 2.24) is 9.80 Å². The first-order valence-electron chi connectivity index (χ1n) is 6.80. The predicted octanol–water partition coefficient (Wildman–Crippen LogP) is 1.65. The van der Waals surface area contributed by atoms with Crippen LogP contribution in [0, 0.1) is 5.92 Å². The van der Waals surface area contributed by atoms with Crippen LogP contribution in [-0.2, 0) is 4.74 Å². The standard InChI is InChI=1S/C13H22N2O2S/c1-14(2)12(16)15-8-13(9-15)5-11(7-18-13)17-6-10-3-4-10/h10-11H,3-9H2,1-2H3/t11-/m0/s1. The number of hydrogen-bond acceptors (Lipinski definition) is 3. The number of ether oxygens (including phenoxy) is 1. The summed E-state index contributed by atoms with van der Waals surface area (Å²) in [6.07, 6.45) is 4.26. The summed E-state index contributed by atoms with van der Waals surface area (Å²) in [4.78, 5) is 15.4. The molecule has 18 heavy (non-hydrogen) atoms. The third-order valence-electron chi connectivity index (χ3n) is 4.05. The van der Waals surface area contributed by atoms with Gasteiger partial charge in [0.15, 0.2) is 0 Å². The van der Waals surface area contributed by atoms with E-state index in [1.54, 1.807) is 4.90 Å². The fourth-order valence-corrected chi connectivity index (χ4v) is 4.31. The Bertz CT molecular complexity index is 338. The van der Waals surface area contributed by atoms with E-state index in [1.807, 2.05) is 30.8 Å². The van der Waals surface area contributed by atoms with E-state index in [4.69, 9.17) is 4.74 Å². The molecule has 0 aromatic carbocycles. The number of nitrogens with zero attached hydrogens (tertiary/aromatic N) is 2. The van der Waals surface area contributed by atoms with Gasteiger partial charge < -0.3 is 14.5 Å². The Morgan fingerprint density at radius 1 is 1.44 bits per heavy atom. The molecule has 1 atom stereocenters. The Balaban J connectivity index is 1.43. The van der Waals surface area contributed by atoms with Gasteiger partial charge in [0.25, 0.3) is 0 Å². The number of likely N-dealkylation sites (tertiary alicyclic amines) is 1. The molecule has 2 aliphatic heterocycles. The van der Waals surface area contributed by atoms with Crippen molar-refractivity contribution >= 4 is 17.8 Å². The summed E-state index contributed by atoms with van der Waals surface area (Å²) in [5.41, 5.74) is 0.